The molecule has 0 saturated heterocycles. The van der Waals surface area contributed by atoms with Crippen molar-refractivity contribution >= 4 is 12.0 Å². The number of carbonyl (C=O) groups is 2. The Morgan fingerprint density at radius 3 is 2.21 bits per heavy atom. The number of rotatable bonds is 7. The molecule has 1 fully saturated rings. The summed E-state index contributed by atoms with van der Waals surface area (Å²) in [6.45, 7) is 1.01. The van der Waals surface area contributed by atoms with Crippen molar-refractivity contribution in [1.82, 2.24) is 10.2 Å². The van der Waals surface area contributed by atoms with Crippen LogP contribution in [-0.2, 0) is 13.1 Å². The van der Waals surface area contributed by atoms with Crippen molar-refractivity contribution < 1.29 is 19.8 Å². The molecule has 0 heterocycles. The lowest BCUT2D eigenvalue weighted by atomic mass is 10.0. The van der Waals surface area contributed by atoms with E-state index in [0.717, 1.165) is 24.0 Å². The lowest BCUT2D eigenvalue weighted by Gasteiger charge is -2.31. The highest BCUT2D eigenvalue weighted by Crippen LogP contribution is 2.30. The first-order valence-electron chi connectivity index (χ1n) is 9.56. The highest BCUT2D eigenvalue weighted by atomic mass is 16.4. The van der Waals surface area contributed by atoms with Crippen LogP contribution in [0.2, 0.25) is 0 Å². The molecule has 0 aromatic heterocycles. The fourth-order valence-electron chi connectivity index (χ4n) is 3.60. The highest BCUT2D eigenvalue weighted by Gasteiger charge is 2.34. The van der Waals surface area contributed by atoms with E-state index in [1.165, 1.54) is 12.1 Å². The molecule has 6 heteroatoms. The highest BCUT2D eigenvalue weighted by molar-refractivity contribution is 5.87. The average molecular weight is 382 g/mol. The number of nitrogens with zero attached hydrogens (tertiary/aromatic N) is 1. The van der Waals surface area contributed by atoms with E-state index in [1.54, 1.807) is 17.0 Å². The van der Waals surface area contributed by atoms with Crippen LogP contribution in [0.3, 0.4) is 0 Å². The molecule has 2 aromatic rings. The van der Waals surface area contributed by atoms with Crippen LogP contribution in [0, 0.1) is 0 Å². The fraction of sp³-hybridized carbons (Fsp3) is 0.364. The zero-order chi connectivity index (χ0) is 20.0. The van der Waals surface area contributed by atoms with Gasteiger partial charge in [0.1, 0.15) is 0 Å². The van der Waals surface area contributed by atoms with E-state index < -0.39 is 11.6 Å². The number of aliphatic hydroxyl groups is 1. The summed E-state index contributed by atoms with van der Waals surface area (Å²) in [6, 6.07) is 15.9. The number of carboxylic acid groups (broad SMARTS) is 1. The Hall–Kier alpha value is -2.86. The Balaban J connectivity index is 1.65. The third-order valence-corrected chi connectivity index (χ3v) is 5.17. The van der Waals surface area contributed by atoms with Gasteiger partial charge in [0.25, 0.3) is 0 Å². The molecule has 1 aliphatic carbocycles. The van der Waals surface area contributed by atoms with E-state index in [9.17, 15) is 14.7 Å². The number of carboxylic acids is 1. The molecule has 148 valence electrons. The third-order valence-electron chi connectivity index (χ3n) is 5.17. The number of carbonyl (C=O) groups excluding carboxylic acids is 1. The molecule has 0 atom stereocenters. The largest absolute Gasteiger partial charge is 0.478 e. The van der Waals surface area contributed by atoms with Crippen molar-refractivity contribution in [2.75, 3.05) is 6.54 Å². The number of aromatic carboxylic acids is 1. The quantitative estimate of drug-likeness (QED) is 0.685. The van der Waals surface area contributed by atoms with Crippen molar-refractivity contribution in [2.24, 2.45) is 0 Å². The molecular formula is C22H26N2O4. The van der Waals surface area contributed by atoms with Gasteiger partial charge in [0.05, 0.1) is 17.7 Å². The maximum atomic E-state index is 12.8. The van der Waals surface area contributed by atoms with Gasteiger partial charge in [-0.3, -0.25) is 0 Å². The monoisotopic (exact) mass is 382 g/mol. The van der Waals surface area contributed by atoms with Crippen molar-refractivity contribution in [2.45, 2.75) is 44.4 Å². The van der Waals surface area contributed by atoms with Crippen LogP contribution in [0.1, 0.15) is 47.2 Å². The molecule has 0 spiro atoms. The van der Waals surface area contributed by atoms with Crippen LogP contribution in [0.25, 0.3) is 0 Å². The summed E-state index contributed by atoms with van der Waals surface area (Å²) < 4.78 is 0. The van der Waals surface area contributed by atoms with Crippen LogP contribution >= 0.6 is 0 Å². The lowest BCUT2D eigenvalue weighted by molar-refractivity contribution is 0.0175. The maximum absolute atomic E-state index is 12.8. The van der Waals surface area contributed by atoms with Crippen molar-refractivity contribution in [3.63, 3.8) is 0 Å². The number of urea groups is 1. The number of benzene rings is 2. The van der Waals surface area contributed by atoms with Gasteiger partial charge in [-0.15, -0.1) is 0 Å². The summed E-state index contributed by atoms with van der Waals surface area (Å²) in [5.74, 6) is -0.977. The predicted molar refractivity (Wildman–Crippen MR) is 106 cm³/mol. The molecule has 0 bridgehead atoms. The summed E-state index contributed by atoms with van der Waals surface area (Å²) in [4.78, 5) is 25.4. The minimum absolute atomic E-state index is 0.212. The molecule has 6 nitrogen and oxygen atoms in total. The van der Waals surface area contributed by atoms with Crippen LogP contribution < -0.4 is 5.32 Å². The smallest absolute Gasteiger partial charge is 0.335 e. The Morgan fingerprint density at radius 2 is 1.61 bits per heavy atom. The van der Waals surface area contributed by atoms with Crippen molar-refractivity contribution in [3.05, 3.63) is 71.3 Å². The Labute approximate surface area is 164 Å². The summed E-state index contributed by atoms with van der Waals surface area (Å²) in [5, 5.41) is 22.6. The van der Waals surface area contributed by atoms with E-state index >= 15 is 0 Å². The van der Waals surface area contributed by atoms with Crippen LogP contribution in [-0.4, -0.2) is 39.3 Å². The summed E-state index contributed by atoms with van der Waals surface area (Å²) >= 11 is 0. The van der Waals surface area contributed by atoms with Gasteiger partial charge in [-0.1, -0.05) is 55.3 Å². The van der Waals surface area contributed by atoms with Crippen LogP contribution in [0.5, 0.6) is 0 Å². The van der Waals surface area contributed by atoms with Gasteiger partial charge in [-0.25, -0.2) is 9.59 Å². The van der Waals surface area contributed by atoms with E-state index in [1.807, 2.05) is 30.3 Å². The van der Waals surface area contributed by atoms with E-state index in [-0.39, 0.29) is 11.6 Å². The molecule has 0 radical (unpaired) electrons. The van der Waals surface area contributed by atoms with E-state index in [2.05, 4.69) is 5.32 Å². The second-order valence-corrected chi connectivity index (χ2v) is 7.43. The number of amides is 2. The van der Waals surface area contributed by atoms with E-state index in [4.69, 9.17) is 5.11 Å². The molecule has 3 N–H and O–H groups in total. The van der Waals surface area contributed by atoms with Gasteiger partial charge in [-0.05, 0) is 36.1 Å². The number of hydrogen-bond acceptors (Lipinski definition) is 3. The molecular weight excluding hydrogens is 356 g/mol. The Bertz CT molecular complexity index is 799. The zero-order valence-corrected chi connectivity index (χ0v) is 15.8. The van der Waals surface area contributed by atoms with Gasteiger partial charge in [-0.2, -0.15) is 0 Å². The minimum Gasteiger partial charge on any atom is -0.478 e. The molecule has 0 unspecified atom stereocenters. The minimum atomic E-state index is -0.977. The van der Waals surface area contributed by atoms with Gasteiger partial charge in [0.15, 0.2) is 0 Å². The zero-order valence-electron chi connectivity index (χ0n) is 15.8. The Morgan fingerprint density at radius 1 is 0.964 bits per heavy atom. The van der Waals surface area contributed by atoms with Crippen molar-refractivity contribution in [1.29, 1.82) is 0 Å². The second-order valence-electron chi connectivity index (χ2n) is 7.43. The molecule has 1 aliphatic rings. The predicted octanol–water partition coefficient (Wildman–Crippen LogP) is 3.40. The standard InChI is InChI=1S/C22H26N2O4/c25-20(26)19-10-8-17(9-11-19)14-23-21(27)24(15-18-6-2-1-3-7-18)16-22(28)12-4-5-13-22/h1-3,6-11,28H,4-5,12-16H2,(H,23,27)(H,25,26). The van der Waals surface area contributed by atoms with Gasteiger partial charge >= 0.3 is 12.0 Å². The maximum Gasteiger partial charge on any atom is 0.335 e. The number of nitrogens with one attached hydrogen (secondary N) is 1. The molecule has 2 amide bonds. The molecule has 2 aromatic carbocycles. The first-order chi connectivity index (χ1) is 13.5. The lowest BCUT2D eigenvalue weighted by Crippen LogP contribution is -2.47. The van der Waals surface area contributed by atoms with Gasteiger partial charge < -0.3 is 20.4 Å². The number of hydrogen-bond donors (Lipinski definition) is 3. The topological polar surface area (TPSA) is 89.9 Å². The second kappa shape index (κ2) is 8.89. The first-order valence-corrected chi connectivity index (χ1v) is 9.56. The SMILES string of the molecule is O=C(O)c1ccc(CNC(=O)N(Cc2ccccc2)CC2(O)CCCC2)cc1. The Kier molecular flexibility index (Phi) is 6.31. The average Bonchev–Trinajstić information content (AvgIpc) is 3.13. The summed E-state index contributed by atoms with van der Waals surface area (Å²) in [7, 11) is 0. The van der Waals surface area contributed by atoms with Crippen molar-refractivity contribution in [3.8, 4) is 0 Å². The fourth-order valence-corrected chi connectivity index (χ4v) is 3.60. The first kappa shape index (κ1) is 19.9. The molecule has 28 heavy (non-hydrogen) atoms. The summed E-state index contributed by atoms with van der Waals surface area (Å²) in [6.07, 6.45) is 3.38. The summed E-state index contributed by atoms with van der Waals surface area (Å²) in [5.41, 5.74) is 1.21. The van der Waals surface area contributed by atoms with Crippen LogP contribution in [0.4, 0.5) is 4.79 Å². The molecule has 0 aliphatic heterocycles. The molecule has 3 rings (SSSR count). The molecule has 1 saturated carbocycles. The van der Waals surface area contributed by atoms with Gasteiger partial charge in [0.2, 0.25) is 0 Å². The van der Waals surface area contributed by atoms with E-state index in [0.29, 0.717) is 32.5 Å². The van der Waals surface area contributed by atoms with Gasteiger partial charge in [0, 0.05) is 13.1 Å². The third kappa shape index (κ3) is 5.33. The van der Waals surface area contributed by atoms with Crippen LogP contribution in [0.15, 0.2) is 54.6 Å². The normalized spacial score (nSPS) is 15.2.